The molecular weight excluding hydrogens is 510 g/mol. The van der Waals surface area contributed by atoms with Gasteiger partial charge in [-0.25, -0.2) is 0 Å². The molecule has 5 rings (SSSR count). The SMILES string of the molecule is COc1ccc(-c2nnc(NC3CCN(Cc4ccc(CCCCN(C)C)cc4)CC3)c3cc(OC)ccc23)cc1. The molecule has 7 heteroatoms. The molecular formula is C34H43N5O2. The van der Waals surface area contributed by atoms with Crippen LogP contribution in [0, 0.1) is 0 Å². The van der Waals surface area contributed by atoms with Crippen LogP contribution in [0.1, 0.15) is 36.8 Å². The fourth-order valence-electron chi connectivity index (χ4n) is 5.58. The van der Waals surface area contributed by atoms with Crippen LogP contribution in [0.4, 0.5) is 5.82 Å². The average molecular weight is 554 g/mol. The van der Waals surface area contributed by atoms with E-state index in [-0.39, 0.29) is 0 Å². The Hall–Kier alpha value is -3.68. The van der Waals surface area contributed by atoms with Crippen LogP contribution in [0.5, 0.6) is 11.5 Å². The summed E-state index contributed by atoms with van der Waals surface area (Å²) in [5.41, 5.74) is 4.70. The van der Waals surface area contributed by atoms with Gasteiger partial charge < -0.3 is 19.7 Å². The van der Waals surface area contributed by atoms with Gasteiger partial charge in [-0.3, -0.25) is 4.90 Å². The summed E-state index contributed by atoms with van der Waals surface area (Å²) in [7, 11) is 7.65. The molecule has 7 nitrogen and oxygen atoms in total. The summed E-state index contributed by atoms with van der Waals surface area (Å²) >= 11 is 0. The number of unbranched alkanes of at least 4 members (excludes halogenated alkanes) is 1. The first kappa shape index (κ1) is 28.8. The summed E-state index contributed by atoms with van der Waals surface area (Å²) in [6.45, 7) is 4.28. The highest BCUT2D eigenvalue weighted by Crippen LogP contribution is 2.34. The minimum absolute atomic E-state index is 0.353. The topological polar surface area (TPSA) is 62.8 Å². The molecule has 41 heavy (non-hydrogen) atoms. The Morgan fingerprint density at radius 2 is 1.49 bits per heavy atom. The number of piperidine rings is 1. The first-order chi connectivity index (χ1) is 20.0. The molecule has 0 bridgehead atoms. The van der Waals surface area contributed by atoms with E-state index < -0.39 is 0 Å². The molecule has 1 aromatic heterocycles. The van der Waals surface area contributed by atoms with E-state index in [0.29, 0.717) is 6.04 Å². The van der Waals surface area contributed by atoms with Gasteiger partial charge in [-0.1, -0.05) is 24.3 Å². The number of hydrogen-bond acceptors (Lipinski definition) is 7. The van der Waals surface area contributed by atoms with Crippen LogP contribution in [0.15, 0.2) is 66.7 Å². The van der Waals surface area contributed by atoms with Gasteiger partial charge in [0.1, 0.15) is 17.2 Å². The summed E-state index contributed by atoms with van der Waals surface area (Å²) in [5.74, 6) is 2.44. The van der Waals surface area contributed by atoms with E-state index in [0.717, 1.165) is 84.8 Å². The number of fused-ring (bicyclic) bond motifs is 1. The van der Waals surface area contributed by atoms with Gasteiger partial charge in [0.25, 0.3) is 0 Å². The quantitative estimate of drug-likeness (QED) is 0.207. The van der Waals surface area contributed by atoms with Gasteiger partial charge in [0.2, 0.25) is 0 Å². The van der Waals surface area contributed by atoms with Gasteiger partial charge in [0.15, 0.2) is 5.82 Å². The Balaban J connectivity index is 1.20. The maximum absolute atomic E-state index is 5.55. The number of aromatic nitrogens is 2. The first-order valence-electron chi connectivity index (χ1n) is 14.7. The number of anilines is 1. The summed E-state index contributed by atoms with van der Waals surface area (Å²) in [4.78, 5) is 4.82. The average Bonchev–Trinajstić information content (AvgIpc) is 3.01. The van der Waals surface area contributed by atoms with Crippen LogP contribution < -0.4 is 14.8 Å². The van der Waals surface area contributed by atoms with Crippen molar-refractivity contribution in [1.82, 2.24) is 20.0 Å². The van der Waals surface area contributed by atoms with E-state index in [1.807, 2.05) is 30.3 Å². The van der Waals surface area contributed by atoms with Crippen molar-refractivity contribution < 1.29 is 9.47 Å². The van der Waals surface area contributed by atoms with Crippen molar-refractivity contribution in [2.75, 3.05) is 53.3 Å². The predicted octanol–water partition coefficient (Wildman–Crippen LogP) is 6.27. The highest BCUT2D eigenvalue weighted by atomic mass is 16.5. The zero-order chi connectivity index (χ0) is 28.6. The maximum atomic E-state index is 5.55. The van der Waals surface area contributed by atoms with E-state index >= 15 is 0 Å². The first-order valence-corrected chi connectivity index (χ1v) is 14.7. The third-order valence-corrected chi connectivity index (χ3v) is 8.03. The minimum atomic E-state index is 0.353. The molecule has 1 aliphatic rings. The number of rotatable bonds is 12. The molecule has 0 spiro atoms. The van der Waals surface area contributed by atoms with E-state index in [1.54, 1.807) is 14.2 Å². The number of aryl methyl sites for hydroxylation is 1. The highest BCUT2D eigenvalue weighted by Gasteiger charge is 2.21. The van der Waals surface area contributed by atoms with Gasteiger partial charge in [-0.2, -0.15) is 0 Å². The van der Waals surface area contributed by atoms with Crippen molar-refractivity contribution in [3.8, 4) is 22.8 Å². The number of likely N-dealkylation sites (tertiary alicyclic amines) is 1. The second-order valence-corrected chi connectivity index (χ2v) is 11.3. The second kappa shape index (κ2) is 13.8. The van der Waals surface area contributed by atoms with Crippen molar-refractivity contribution in [1.29, 1.82) is 0 Å². The van der Waals surface area contributed by atoms with Crippen molar-refractivity contribution in [2.24, 2.45) is 0 Å². The molecule has 3 aromatic carbocycles. The van der Waals surface area contributed by atoms with Gasteiger partial charge in [-0.15, -0.1) is 10.2 Å². The summed E-state index contributed by atoms with van der Waals surface area (Å²) in [5, 5.41) is 15.1. The van der Waals surface area contributed by atoms with Crippen molar-refractivity contribution in [3.63, 3.8) is 0 Å². The van der Waals surface area contributed by atoms with Crippen molar-refractivity contribution >= 4 is 16.6 Å². The molecule has 1 saturated heterocycles. The molecule has 0 atom stereocenters. The van der Waals surface area contributed by atoms with Crippen LogP contribution in [-0.2, 0) is 13.0 Å². The predicted molar refractivity (Wildman–Crippen MR) is 168 cm³/mol. The Bertz CT molecular complexity index is 1400. The summed E-state index contributed by atoms with van der Waals surface area (Å²) in [6.07, 6.45) is 5.79. The molecule has 4 aromatic rings. The zero-order valence-corrected chi connectivity index (χ0v) is 24.9. The lowest BCUT2D eigenvalue weighted by Gasteiger charge is -2.32. The van der Waals surface area contributed by atoms with E-state index in [2.05, 4.69) is 75.8 Å². The third-order valence-electron chi connectivity index (χ3n) is 8.03. The van der Waals surface area contributed by atoms with E-state index in [9.17, 15) is 0 Å². The smallest absolute Gasteiger partial charge is 0.156 e. The second-order valence-electron chi connectivity index (χ2n) is 11.3. The molecule has 0 aliphatic carbocycles. The molecule has 1 fully saturated rings. The van der Waals surface area contributed by atoms with Crippen LogP contribution >= 0.6 is 0 Å². The number of hydrogen-bond donors (Lipinski definition) is 1. The number of ether oxygens (including phenoxy) is 2. The lowest BCUT2D eigenvalue weighted by atomic mass is 10.0. The fourth-order valence-corrected chi connectivity index (χ4v) is 5.58. The fraction of sp³-hybridized carbons (Fsp3) is 0.412. The van der Waals surface area contributed by atoms with Crippen LogP contribution in [0.25, 0.3) is 22.0 Å². The zero-order valence-electron chi connectivity index (χ0n) is 24.9. The molecule has 1 aliphatic heterocycles. The Morgan fingerprint density at radius 1 is 0.805 bits per heavy atom. The van der Waals surface area contributed by atoms with Crippen LogP contribution in [0.2, 0.25) is 0 Å². The molecule has 0 amide bonds. The van der Waals surface area contributed by atoms with E-state index in [1.165, 1.54) is 24.0 Å². The number of benzene rings is 3. The van der Waals surface area contributed by atoms with Crippen LogP contribution in [0.3, 0.4) is 0 Å². The van der Waals surface area contributed by atoms with E-state index in [4.69, 9.17) is 9.47 Å². The Morgan fingerprint density at radius 3 is 2.17 bits per heavy atom. The lowest BCUT2D eigenvalue weighted by molar-refractivity contribution is 0.211. The van der Waals surface area contributed by atoms with Crippen molar-refractivity contribution in [2.45, 2.75) is 44.7 Å². The maximum Gasteiger partial charge on any atom is 0.156 e. The Kier molecular flexibility index (Phi) is 9.70. The molecule has 216 valence electrons. The van der Waals surface area contributed by atoms with Crippen LogP contribution in [-0.4, -0.2) is 74.0 Å². The third kappa shape index (κ3) is 7.54. The monoisotopic (exact) mass is 553 g/mol. The largest absolute Gasteiger partial charge is 0.497 e. The molecule has 0 saturated carbocycles. The molecule has 1 N–H and O–H groups in total. The van der Waals surface area contributed by atoms with Crippen molar-refractivity contribution in [3.05, 3.63) is 77.9 Å². The number of nitrogens with zero attached hydrogens (tertiary/aromatic N) is 4. The molecule has 2 heterocycles. The minimum Gasteiger partial charge on any atom is -0.497 e. The number of nitrogens with one attached hydrogen (secondary N) is 1. The lowest BCUT2D eigenvalue weighted by Crippen LogP contribution is -2.38. The standard InChI is InChI=1S/C34H43N5O2/c1-38(2)20-6-5-7-25-8-10-26(11-9-25)24-39-21-18-28(19-22-39)35-34-32-23-30(41-4)16-17-31(32)33(36-37-34)27-12-14-29(40-3)15-13-27/h8-17,23,28H,5-7,18-22,24H2,1-4H3,(H,35,37). The Labute approximate surface area is 244 Å². The normalized spacial score (nSPS) is 14.5. The number of methoxy groups -OCH3 is 2. The van der Waals surface area contributed by atoms with Gasteiger partial charge in [0, 0.05) is 42.0 Å². The molecule has 0 unspecified atom stereocenters. The highest BCUT2D eigenvalue weighted by molar-refractivity contribution is 6.00. The van der Waals surface area contributed by atoms with Gasteiger partial charge >= 0.3 is 0 Å². The summed E-state index contributed by atoms with van der Waals surface area (Å²) < 4.78 is 10.9. The molecule has 0 radical (unpaired) electrons. The van der Waals surface area contributed by atoms with Gasteiger partial charge in [-0.05, 0) is 106 Å². The summed E-state index contributed by atoms with van der Waals surface area (Å²) in [6, 6.07) is 23.7. The van der Waals surface area contributed by atoms with Gasteiger partial charge in [0.05, 0.1) is 14.2 Å².